The first kappa shape index (κ1) is 45.3. The summed E-state index contributed by atoms with van der Waals surface area (Å²) in [5, 5.41) is 0. The molecule has 0 amide bonds. The van der Waals surface area contributed by atoms with Gasteiger partial charge >= 0.3 is 78.7 Å². The van der Waals surface area contributed by atoms with Crippen molar-refractivity contribution in [2.24, 2.45) is 20.0 Å². The van der Waals surface area contributed by atoms with Gasteiger partial charge in [0.15, 0.2) is 0 Å². The summed E-state index contributed by atoms with van der Waals surface area (Å²) in [6.07, 6.45) is 0. The zero-order chi connectivity index (χ0) is 36.6. The molecule has 4 nitrogen and oxygen atoms in total. The fraction of sp³-hybridized carbons (Fsp3) is 0.421. The number of nitrogens with zero attached hydrogens (tertiary/aromatic N) is 4. The molecule has 3 rings (SSSR count). The average molecular weight is 1000 g/mol. The number of para-hydroxylation sites is 2. The van der Waals surface area contributed by atoms with Crippen molar-refractivity contribution in [3.05, 3.63) is 82.9 Å². The van der Waals surface area contributed by atoms with Gasteiger partial charge in [-0.25, -0.2) is 0 Å². The zero-order valence-corrected chi connectivity index (χ0v) is 38.3. The van der Waals surface area contributed by atoms with E-state index < -0.39 is 0 Å². The van der Waals surface area contributed by atoms with E-state index in [1.165, 1.54) is 44.0 Å². The van der Waals surface area contributed by atoms with Gasteiger partial charge < -0.3 is 0 Å². The quantitative estimate of drug-likeness (QED) is 0.144. The van der Waals surface area contributed by atoms with E-state index >= 15 is 0 Å². The molecular weight excluding hydrogens is 949 g/mol. The fourth-order valence-corrected chi connectivity index (χ4v) is 4.93. The SMILES string of the molecule is CC(=Nc1ccc(N=C(C)C(C)=Nc2c(C(C)C)cccc2C(C)C)cc1)C(C)=Nc1c(C(C)C)cccc1C(C)C.[Br][Ni][Br].[Br][Ni][Br]. The summed E-state index contributed by atoms with van der Waals surface area (Å²) < 4.78 is 0. The first-order chi connectivity index (χ1) is 22.6. The Balaban J connectivity index is 0.00000178. The Bertz CT molecular complexity index is 1390. The number of hydrogen-bond acceptors (Lipinski definition) is 4. The van der Waals surface area contributed by atoms with Crippen LogP contribution in [0, 0.1) is 0 Å². The minimum atomic E-state index is 0.403. The van der Waals surface area contributed by atoms with Gasteiger partial charge in [0.2, 0.25) is 0 Å². The van der Waals surface area contributed by atoms with Gasteiger partial charge in [0.05, 0.1) is 45.6 Å². The Morgan fingerprint density at radius 2 is 0.625 bits per heavy atom. The van der Waals surface area contributed by atoms with Crippen LogP contribution in [0.5, 0.6) is 0 Å². The number of rotatable bonds is 10. The van der Waals surface area contributed by atoms with Crippen LogP contribution in [0.1, 0.15) is 129 Å². The number of benzene rings is 3. The van der Waals surface area contributed by atoms with Crippen molar-refractivity contribution in [1.29, 1.82) is 0 Å². The topological polar surface area (TPSA) is 49.4 Å². The molecule has 0 saturated carbocycles. The molecule has 0 unspecified atom stereocenters. The van der Waals surface area contributed by atoms with E-state index in [1.807, 2.05) is 52.0 Å². The van der Waals surface area contributed by atoms with E-state index in [0.717, 1.165) is 45.6 Å². The molecule has 0 fully saturated rings. The van der Waals surface area contributed by atoms with Crippen LogP contribution in [-0.2, 0) is 21.8 Å². The van der Waals surface area contributed by atoms with E-state index in [-0.39, 0.29) is 0 Å². The Labute approximate surface area is 330 Å². The number of halogens is 4. The molecule has 270 valence electrons. The monoisotopic (exact) mass is 994 g/mol. The Kier molecular flexibility index (Phi) is 22.3. The van der Waals surface area contributed by atoms with Crippen LogP contribution in [0.4, 0.5) is 22.7 Å². The van der Waals surface area contributed by atoms with Gasteiger partial charge in [-0.05, 0) is 97.9 Å². The maximum absolute atomic E-state index is 5.09. The second-order valence-corrected chi connectivity index (χ2v) is 22.6. The van der Waals surface area contributed by atoms with E-state index in [9.17, 15) is 0 Å². The molecule has 0 bridgehead atoms. The normalized spacial score (nSPS) is 12.9. The third-order valence-electron chi connectivity index (χ3n) is 7.73. The van der Waals surface area contributed by atoms with E-state index in [0.29, 0.717) is 23.7 Å². The summed E-state index contributed by atoms with van der Waals surface area (Å²) in [5.41, 5.74) is 12.7. The number of aliphatic imine (C=N–C) groups is 4. The van der Waals surface area contributed by atoms with Gasteiger partial charge in [-0.1, -0.05) is 91.8 Å². The zero-order valence-electron chi connectivity index (χ0n) is 30.0. The molecule has 0 radical (unpaired) electrons. The van der Waals surface area contributed by atoms with Crippen molar-refractivity contribution in [3.63, 3.8) is 0 Å². The molecule has 0 spiro atoms. The molecule has 48 heavy (non-hydrogen) atoms. The van der Waals surface area contributed by atoms with Crippen LogP contribution >= 0.6 is 56.9 Å². The van der Waals surface area contributed by atoms with Crippen molar-refractivity contribution in [3.8, 4) is 0 Å². The van der Waals surface area contributed by atoms with Crippen molar-refractivity contribution in [1.82, 2.24) is 0 Å². The summed E-state index contributed by atoms with van der Waals surface area (Å²) >= 11 is 12.0. The predicted octanol–water partition coefficient (Wildman–Crippen LogP) is 15.3. The first-order valence-corrected chi connectivity index (χ1v) is 25.6. The van der Waals surface area contributed by atoms with Crippen molar-refractivity contribution < 1.29 is 21.8 Å². The van der Waals surface area contributed by atoms with Crippen LogP contribution in [0.3, 0.4) is 0 Å². The van der Waals surface area contributed by atoms with Crippen LogP contribution in [-0.4, -0.2) is 22.8 Å². The third kappa shape index (κ3) is 14.8. The summed E-state index contributed by atoms with van der Waals surface area (Å²) in [5.74, 6) is 1.61. The van der Waals surface area contributed by atoms with Crippen LogP contribution in [0.2, 0.25) is 0 Å². The first-order valence-electron chi connectivity index (χ1n) is 15.8. The van der Waals surface area contributed by atoms with Crippen molar-refractivity contribution >= 4 is 102 Å². The Morgan fingerprint density at radius 1 is 0.417 bits per heavy atom. The van der Waals surface area contributed by atoms with Crippen LogP contribution in [0.25, 0.3) is 0 Å². The molecule has 3 aromatic rings. The maximum atomic E-state index is 5.09. The van der Waals surface area contributed by atoms with Gasteiger partial charge in [-0.3, -0.25) is 20.0 Å². The van der Waals surface area contributed by atoms with Gasteiger partial charge in [0.25, 0.3) is 0 Å². The second kappa shape index (κ2) is 23.7. The standard InChI is InChI=1S/C38H50N4.4BrH.2Ni/c1-23(2)33-15-13-16-34(24(3)4)37(33)41-29(11)27(9)39-31-19-21-32(22-20-31)40-28(10)30(12)42-38-35(25(5)6)17-14-18-36(38)26(7)8;;;;;;/h13-26H,1-12H3;4*1H;;/q;;;;;2*+2/p-4. The van der Waals surface area contributed by atoms with Crippen molar-refractivity contribution in [2.75, 3.05) is 0 Å². The fourth-order valence-electron chi connectivity index (χ4n) is 4.93. The molecular formula is C38H50Br4N4Ni2. The van der Waals surface area contributed by atoms with Gasteiger partial charge in [-0.2, -0.15) is 0 Å². The van der Waals surface area contributed by atoms with E-state index in [4.69, 9.17) is 20.0 Å². The molecule has 0 aliphatic heterocycles. The molecule has 0 atom stereocenters. The molecule has 0 aliphatic carbocycles. The van der Waals surface area contributed by atoms with Gasteiger partial charge in [-0.15, -0.1) is 0 Å². The summed E-state index contributed by atoms with van der Waals surface area (Å²) in [4.78, 5) is 19.9. The number of hydrogen-bond donors (Lipinski definition) is 0. The summed E-state index contributed by atoms with van der Waals surface area (Å²) in [6, 6.07) is 21.1. The minimum absolute atomic E-state index is 0.403. The molecule has 10 heteroatoms. The molecule has 0 aromatic heterocycles. The summed E-state index contributed by atoms with van der Waals surface area (Å²) in [6.45, 7) is 25.9. The van der Waals surface area contributed by atoms with Gasteiger partial charge in [0.1, 0.15) is 0 Å². The Hall–Kier alpha value is -0.753. The van der Waals surface area contributed by atoms with Crippen molar-refractivity contribution in [2.45, 2.75) is 107 Å². The van der Waals surface area contributed by atoms with E-state index in [1.54, 1.807) is 0 Å². The van der Waals surface area contributed by atoms with Crippen LogP contribution in [0.15, 0.2) is 80.6 Å². The predicted molar refractivity (Wildman–Crippen MR) is 222 cm³/mol. The summed E-state index contributed by atoms with van der Waals surface area (Å²) in [7, 11) is 2.50. The van der Waals surface area contributed by atoms with Gasteiger partial charge in [0, 0.05) is 0 Å². The van der Waals surface area contributed by atoms with E-state index in [2.05, 4.69) is 149 Å². The second-order valence-electron chi connectivity index (χ2n) is 12.6. The molecule has 0 saturated heterocycles. The molecule has 3 aromatic carbocycles. The third-order valence-corrected chi connectivity index (χ3v) is 7.73. The average Bonchev–Trinajstić information content (AvgIpc) is 3.02. The Morgan fingerprint density at radius 3 is 0.833 bits per heavy atom. The van der Waals surface area contributed by atoms with Crippen LogP contribution < -0.4 is 0 Å². The molecule has 0 aliphatic rings. The molecule has 0 N–H and O–H groups in total. The molecule has 0 heterocycles.